The van der Waals surface area contributed by atoms with Gasteiger partial charge in [0.1, 0.15) is 0 Å². The number of nitrogens with one attached hydrogen (secondary N) is 2. The number of ether oxygens (including phenoxy) is 1. The average Bonchev–Trinajstić information content (AvgIpc) is 3.05. The van der Waals surface area contributed by atoms with Crippen molar-refractivity contribution >= 4 is 39.1 Å². The summed E-state index contributed by atoms with van der Waals surface area (Å²) in [6.45, 7) is 4.11. The molecule has 0 aliphatic heterocycles. The van der Waals surface area contributed by atoms with E-state index in [4.69, 9.17) is 4.74 Å². The van der Waals surface area contributed by atoms with E-state index in [1.165, 1.54) is 35.2 Å². The lowest BCUT2D eigenvalue weighted by Gasteiger charge is -2.07. The molecule has 4 rings (SSSR count). The number of amides is 1. The van der Waals surface area contributed by atoms with Gasteiger partial charge in [-0.15, -0.1) is 11.3 Å². The van der Waals surface area contributed by atoms with E-state index in [2.05, 4.69) is 10.3 Å². The molecule has 1 aromatic carbocycles. The molecule has 0 bridgehead atoms. The standard InChI is InChI=1S/C22H24N2O3S/c1-3-27-22(26)14-9-11-15(12-10-14)23-21(25)18-13(2)28-20-16-7-5-4-6-8-17(16)24-19(18)20/h9-12,24H,3-8H2,1-2H3,(H,23,25). The van der Waals surface area contributed by atoms with Gasteiger partial charge in [0.05, 0.1) is 28.0 Å². The second-order valence-electron chi connectivity index (χ2n) is 7.13. The maximum atomic E-state index is 13.0. The number of hydrogen-bond acceptors (Lipinski definition) is 4. The number of aryl methyl sites for hydroxylation is 3. The summed E-state index contributed by atoms with van der Waals surface area (Å²) in [5, 5.41) is 2.96. The fourth-order valence-corrected chi connectivity index (χ4v) is 5.08. The molecule has 3 aromatic rings. The van der Waals surface area contributed by atoms with Gasteiger partial charge in [-0.25, -0.2) is 4.79 Å². The van der Waals surface area contributed by atoms with Gasteiger partial charge in [0.2, 0.25) is 0 Å². The lowest BCUT2D eigenvalue weighted by molar-refractivity contribution is 0.0526. The summed E-state index contributed by atoms with van der Waals surface area (Å²) in [6, 6.07) is 6.79. The molecule has 146 valence electrons. The van der Waals surface area contributed by atoms with Crippen LogP contribution >= 0.6 is 11.3 Å². The van der Waals surface area contributed by atoms with E-state index in [9.17, 15) is 9.59 Å². The van der Waals surface area contributed by atoms with E-state index >= 15 is 0 Å². The number of H-pyrrole nitrogens is 1. The molecular formula is C22H24N2O3S. The molecule has 1 aliphatic rings. The van der Waals surface area contributed by atoms with Crippen LogP contribution in [0.5, 0.6) is 0 Å². The third-order valence-electron chi connectivity index (χ3n) is 5.23. The van der Waals surface area contributed by atoms with Crippen molar-refractivity contribution in [2.75, 3.05) is 11.9 Å². The average molecular weight is 397 g/mol. The molecule has 0 saturated heterocycles. The van der Waals surface area contributed by atoms with Gasteiger partial charge in [-0.3, -0.25) is 4.79 Å². The zero-order valence-corrected chi connectivity index (χ0v) is 17.0. The minimum absolute atomic E-state index is 0.121. The topological polar surface area (TPSA) is 71.2 Å². The minimum Gasteiger partial charge on any atom is -0.462 e. The van der Waals surface area contributed by atoms with Crippen molar-refractivity contribution in [1.82, 2.24) is 4.98 Å². The summed E-state index contributed by atoms with van der Waals surface area (Å²) in [6.07, 6.45) is 5.83. The number of anilines is 1. The van der Waals surface area contributed by atoms with E-state index in [1.807, 2.05) is 6.92 Å². The largest absolute Gasteiger partial charge is 0.462 e. The van der Waals surface area contributed by atoms with Gasteiger partial charge in [0.25, 0.3) is 5.91 Å². The van der Waals surface area contributed by atoms with Gasteiger partial charge in [0, 0.05) is 16.3 Å². The van der Waals surface area contributed by atoms with E-state index in [0.717, 1.165) is 28.8 Å². The summed E-state index contributed by atoms with van der Waals surface area (Å²) in [5.41, 5.74) is 5.52. The maximum Gasteiger partial charge on any atom is 0.338 e. The van der Waals surface area contributed by atoms with Gasteiger partial charge in [-0.2, -0.15) is 0 Å². The quantitative estimate of drug-likeness (QED) is 0.468. The van der Waals surface area contributed by atoms with E-state index in [0.29, 0.717) is 17.9 Å². The molecule has 28 heavy (non-hydrogen) atoms. The number of aromatic nitrogens is 1. The molecule has 0 radical (unpaired) electrons. The van der Waals surface area contributed by atoms with Crippen LogP contribution in [-0.2, 0) is 17.6 Å². The Bertz CT molecular complexity index is 1030. The van der Waals surface area contributed by atoms with Gasteiger partial charge < -0.3 is 15.0 Å². The lowest BCUT2D eigenvalue weighted by atomic mass is 10.1. The Labute approximate surface area is 168 Å². The van der Waals surface area contributed by atoms with Gasteiger partial charge in [-0.1, -0.05) is 6.42 Å². The summed E-state index contributed by atoms with van der Waals surface area (Å²) >= 11 is 1.71. The number of aromatic amines is 1. The van der Waals surface area contributed by atoms with Gasteiger partial charge in [0.15, 0.2) is 0 Å². The van der Waals surface area contributed by atoms with E-state index in [1.54, 1.807) is 42.5 Å². The van der Waals surface area contributed by atoms with E-state index in [-0.39, 0.29) is 11.9 Å². The Kier molecular flexibility index (Phi) is 5.22. The number of carbonyl (C=O) groups excluding carboxylic acids is 2. The van der Waals surface area contributed by atoms with Crippen molar-refractivity contribution in [3.63, 3.8) is 0 Å². The first-order chi connectivity index (χ1) is 13.6. The SMILES string of the molecule is CCOC(=O)c1ccc(NC(=O)c2c(C)sc3c4c([nH]c23)CCCCC4)cc1. The second kappa shape index (κ2) is 7.80. The first-order valence-corrected chi connectivity index (χ1v) is 10.6. The molecule has 5 nitrogen and oxygen atoms in total. The van der Waals surface area contributed by atoms with Crippen molar-refractivity contribution in [2.24, 2.45) is 0 Å². The number of thiophene rings is 1. The van der Waals surface area contributed by atoms with Crippen molar-refractivity contribution in [2.45, 2.75) is 46.0 Å². The zero-order valence-electron chi connectivity index (χ0n) is 16.2. The van der Waals surface area contributed by atoms with Gasteiger partial charge in [-0.05, 0) is 69.4 Å². The Morgan fingerprint density at radius 1 is 1.14 bits per heavy atom. The fourth-order valence-electron chi connectivity index (χ4n) is 3.87. The molecule has 0 spiro atoms. The van der Waals surface area contributed by atoms with Crippen LogP contribution in [0.3, 0.4) is 0 Å². The normalized spacial score (nSPS) is 13.8. The van der Waals surface area contributed by atoms with Crippen LogP contribution in [-0.4, -0.2) is 23.5 Å². The summed E-state index contributed by atoms with van der Waals surface area (Å²) < 4.78 is 6.22. The highest BCUT2D eigenvalue weighted by Gasteiger charge is 2.23. The van der Waals surface area contributed by atoms with Crippen LogP contribution in [0.1, 0.15) is 63.0 Å². The summed E-state index contributed by atoms with van der Waals surface area (Å²) in [7, 11) is 0. The zero-order chi connectivity index (χ0) is 19.7. The maximum absolute atomic E-state index is 13.0. The number of fused-ring (bicyclic) bond motifs is 3. The van der Waals surface area contributed by atoms with Crippen LogP contribution in [0.4, 0.5) is 5.69 Å². The third kappa shape index (κ3) is 3.44. The molecule has 2 aromatic heterocycles. The van der Waals surface area contributed by atoms with Crippen LogP contribution in [0.15, 0.2) is 24.3 Å². The molecule has 2 N–H and O–H groups in total. The smallest absolute Gasteiger partial charge is 0.338 e. The second-order valence-corrected chi connectivity index (χ2v) is 8.36. The molecule has 6 heteroatoms. The fraction of sp³-hybridized carbons (Fsp3) is 0.364. The minimum atomic E-state index is -0.358. The number of benzene rings is 1. The van der Waals surface area contributed by atoms with Crippen molar-refractivity contribution < 1.29 is 14.3 Å². The Balaban J connectivity index is 1.59. The van der Waals surface area contributed by atoms with Gasteiger partial charge >= 0.3 is 5.97 Å². The monoisotopic (exact) mass is 396 g/mol. The molecule has 1 amide bonds. The predicted molar refractivity (Wildman–Crippen MR) is 113 cm³/mol. The predicted octanol–water partition coefficient (Wildman–Crippen LogP) is 5.24. The molecule has 0 atom stereocenters. The van der Waals surface area contributed by atoms with Crippen molar-refractivity contribution in [3.8, 4) is 0 Å². The number of rotatable bonds is 4. The molecule has 0 saturated carbocycles. The molecule has 0 unspecified atom stereocenters. The highest BCUT2D eigenvalue weighted by atomic mass is 32.1. The summed E-state index contributed by atoms with van der Waals surface area (Å²) in [5.74, 6) is -0.479. The highest BCUT2D eigenvalue weighted by molar-refractivity contribution is 7.19. The summed E-state index contributed by atoms with van der Waals surface area (Å²) in [4.78, 5) is 29.3. The number of hydrogen-bond donors (Lipinski definition) is 2. The Hall–Kier alpha value is -2.60. The van der Waals surface area contributed by atoms with Crippen LogP contribution in [0, 0.1) is 6.92 Å². The first-order valence-electron chi connectivity index (χ1n) is 9.79. The van der Waals surface area contributed by atoms with Crippen LogP contribution < -0.4 is 5.32 Å². The molecule has 2 heterocycles. The Morgan fingerprint density at radius 2 is 1.89 bits per heavy atom. The van der Waals surface area contributed by atoms with E-state index < -0.39 is 0 Å². The highest BCUT2D eigenvalue weighted by Crippen LogP contribution is 2.37. The van der Waals surface area contributed by atoms with Crippen molar-refractivity contribution in [3.05, 3.63) is 51.5 Å². The molecular weight excluding hydrogens is 372 g/mol. The van der Waals surface area contributed by atoms with Crippen LogP contribution in [0.2, 0.25) is 0 Å². The number of carbonyl (C=O) groups is 2. The van der Waals surface area contributed by atoms with Crippen molar-refractivity contribution in [1.29, 1.82) is 0 Å². The Morgan fingerprint density at radius 3 is 2.64 bits per heavy atom. The lowest BCUT2D eigenvalue weighted by Crippen LogP contribution is -2.13. The third-order valence-corrected chi connectivity index (χ3v) is 6.40. The van der Waals surface area contributed by atoms with Crippen LogP contribution in [0.25, 0.3) is 10.2 Å². The molecule has 0 fully saturated rings. The number of esters is 1. The first kappa shape index (κ1) is 18.7. The molecule has 1 aliphatic carbocycles.